The zero-order valence-electron chi connectivity index (χ0n) is 11.3. The van der Waals surface area contributed by atoms with E-state index in [1.807, 2.05) is 6.92 Å². The molecule has 0 atom stereocenters. The molecule has 110 valence electrons. The predicted octanol–water partition coefficient (Wildman–Crippen LogP) is 5.01. The summed E-state index contributed by atoms with van der Waals surface area (Å²) in [6.07, 6.45) is -2.17. The molecule has 2 aromatic rings. The van der Waals surface area contributed by atoms with Gasteiger partial charge in [0.15, 0.2) is 0 Å². The second-order valence-electron chi connectivity index (χ2n) is 5.28. The summed E-state index contributed by atoms with van der Waals surface area (Å²) in [5.41, 5.74) is 1.58. The van der Waals surface area contributed by atoms with Crippen LogP contribution >= 0.6 is 12.2 Å². The molecule has 1 N–H and O–H groups in total. The number of nitrogens with zero attached hydrogens (tertiary/aromatic N) is 1. The Labute approximate surface area is 125 Å². The first-order valence-electron chi connectivity index (χ1n) is 6.64. The average Bonchev–Trinajstić information content (AvgIpc) is 3.25. The fourth-order valence-corrected chi connectivity index (χ4v) is 2.42. The van der Waals surface area contributed by atoms with E-state index in [1.54, 1.807) is 0 Å². The van der Waals surface area contributed by atoms with Gasteiger partial charge in [0.25, 0.3) is 0 Å². The fourth-order valence-electron chi connectivity index (χ4n) is 2.21. The molecule has 21 heavy (non-hydrogen) atoms. The quantitative estimate of drug-likeness (QED) is 0.790. The number of benzene rings is 1. The Balaban J connectivity index is 2.05. The van der Waals surface area contributed by atoms with Crippen LogP contribution in [0.4, 0.5) is 13.2 Å². The van der Waals surface area contributed by atoms with E-state index in [9.17, 15) is 13.2 Å². The molecule has 1 aliphatic rings. The van der Waals surface area contributed by atoms with Gasteiger partial charge in [0.1, 0.15) is 10.5 Å². The fraction of sp³-hybridized carbons (Fsp3) is 0.333. The number of hydrogen-bond donors (Lipinski definition) is 1. The maximum atomic E-state index is 12.6. The highest BCUT2D eigenvalue weighted by Gasteiger charge is 2.30. The van der Waals surface area contributed by atoms with Crippen molar-refractivity contribution >= 4 is 12.2 Å². The summed E-state index contributed by atoms with van der Waals surface area (Å²) in [4.78, 5) is 7.59. The van der Waals surface area contributed by atoms with E-state index < -0.39 is 11.7 Å². The van der Waals surface area contributed by atoms with Crippen LogP contribution in [0, 0.1) is 11.6 Å². The third-order valence-corrected chi connectivity index (χ3v) is 4.03. The van der Waals surface area contributed by atoms with E-state index in [2.05, 4.69) is 9.97 Å². The number of halogens is 3. The van der Waals surface area contributed by atoms with Crippen molar-refractivity contribution < 1.29 is 13.2 Å². The molecule has 1 aromatic carbocycles. The van der Waals surface area contributed by atoms with E-state index in [4.69, 9.17) is 12.2 Å². The summed E-state index contributed by atoms with van der Waals surface area (Å²) in [7, 11) is 0. The van der Waals surface area contributed by atoms with Crippen LogP contribution in [0.2, 0.25) is 0 Å². The summed E-state index contributed by atoms with van der Waals surface area (Å²) in [5, 5.41) is 0. The van der Waals surface area contributed by atoms with Gasteiger partial charge in [-0.3, -0.25) is 0 Å². The number of hydrogen-bond acceptors (Lipinski definition) is 2. The van der Waals surface area contributed by atoms with E-state index >= 15 is 0 Å². The largest absolute Gasteiger partial charge is 0.416 e. The molecule has 1 heterocycles. The van der Waals surface area contributed by atoms with Crippen molar-refractivity contribution in [1.29, 1.82) is 0 Å². The highest BCUT2D eigenvalue weighted by Crippen LogP contribution is 2.39. The summed E-state index contributed by atoms with van der Waals surface area (Å²) in [6.45, 7) is 1.83. The highest BCUT2D eigenvalue weighted by molar-refractivity contribution is 7.71. The van der Waals surface area contributed by atoms with E-state index in [0.717, 1.165) is 42.1 Å². The molecule has 1 aliphatic carbocycles. The van der Waals surface area contributed by atoms with Crippen molar-refractivity contribution in [3.63, 3.8) is 0 Å². The lowest BCUT2D eigenvalue weighted by Crippen LogP contribution is -2.04. The average molecular weight is 310 g/mol. The number of rotatable bonds is 2. The third-order valence-electron chi connectivity index (χ3n) is 3.64. The SMILES string of the molecule is Cc1c(-c2ccc(C(F)(F)F)cc2)[nH]c(C2CC2)nc1=S. The Morgan fingerprint density at radius 3 is 2.33 bits per heavy atom. The van der Waals surface area contributed by atoms with Crippen LogP contribution in [0.3, 0.4) is 0 Å². The third kappa shape index (κ3) is 2.85. The maximum Gasteiger partial charge on any atom is 0.416 e. The first-order chi connectivity index (χ1) is 9.86. The number of H-pyrrole nitrogens is 1. The van der Waals surface area contributed by atoms with Gasteiger partial charge in [-0.2, -0.15) is 13.2 Å². The molecule has 6 heteroatoms. The van der Waals surface area contributed by atoms with Gasteiger partial charge in [0.05, 0.1) is 11.3 Å². The first-order valence-corrected chi connectivity index (χ1v) is 7.05. The molecule has 1 fully saturated rings. The summed E-state index contributed by atoms with van der Waals surface area (Å²) in [6, 6.07) is 5.10. The van der Waals surface area contributed by atoms with Crippen LogP contribution < -0.4 is 0 Å². The number of aromatic nitrogens is 2. The van der Waals surface area contributed by atoms with Gasteiger partial charge < -0.3 is 4.98 Å². The van der Waals surface area contributed by atoms with Gasteiger partial charge in [-0.25, -0.2) is 4.98 Å². The van der Waals surface area contributed by atoms with E-state index in [-0.39, 0.29) is 0 Å². The molecule has 2 nitrogen and oxygen atoms in total. The Hall–Kier alpha value is -1.69. The lowest BCUT2D eigenvalue weighted by atomic mass is 10.1. The van der Waals surface area contributed by atoms with Gasteiger partial charge >= 0.3 is 6.18 Å². The molecule has 0 unspecified atom stereocenters. The second-order valence-corrected chi connectivity index (χ2v) is 5.66. The van der Waals surface area contributed by atoms with Crippen LogP contribution in [-0.4, -0.2) is 9.97 Å². The molecule has 1 aromatic heterocycles. The smallest absolute Gasteiger partial charge is 0.343 e. The van der Waals surface area contributed by atoms with Crippen molar-refractivity contribution in [2.45, 2.75) is 31.9 Å². The van der Waals surface area contributed by atoms with Crippen LogP contribution in [0.1, 0.15) is 35.7 Å². The molecule has 3 rings (SSSR count). The molecule has 0 bridgehead atoms. The number of aromatic amines is 1. The van der Waals surface area contributed by atoms with Crippen molar-refractivity contribution in [3.05, 3.63) is 45.9 Å². The zero-order chi connectivity index (χ0) is 15.2. The zero-order valence-corrected chi connectivity index (χ0v) is 12.1. The monoisotopic (exact) mass is 310 g/mol. The highest BCUT2D eigenvalue weighted by atomic mass is 32.1. The van der Waals surface area contributed by atoms with Crippen molar-refractivity contribution in [3.8, 4) is 11.3 Å². The van der Waals surface area contributed by atoms with Gasteiger partial charge in [0, 0.05) is 11.5 Å². The second kappa shape index (κ2) is 4.94. The molecule has 0 amide bonds. The lowest BCUT2D eigenvalue weighted by molar-refractivity contribution is -0.137. The summed E-state index contributed by atoms with van der Waals surface area (Å²) >= 11 is 5.25. The lowest BCUT2D eigenvalue weighted by Gasteiger charge is -2.11. The maximum absolute atomic E-state index is 12.6. The van der Waals surface area contributed by atoms with Gasteiger partial charge in [-0.15, -0.1) is 0 Å². The Morgan fingerprint density at radius 2 is 1.81 bits per heavy atom. The van der Waals surface area contributed by atoms with Crippen molar-refractivity contribution in [2.24, 2.45) is 0 Å². The van der Waals surface area contributed by atoms with E-state index in [0.29, 0.717) is 16.1 Å². The number of nitrogens with one attached hydrogen (secondary N) is 1. The minimum absolute atomic E-state index is 0.403. The number of alkyl halides is 3. The Bertz CT molecular complexity index is 728. The summed E-state index contributed by atoms with van der Waals surface area (Å²) in [5.74, 6) is 1.24. The minimum Gasteiger partial charge on any atom is -0.343 e. The predicted molar refractivity (Wildman–Crippen MR) is 76.6 cm³/mol. The van der Waals surface area contributed by atoms with Crippen LogP contribution in [0.5, 0.6) is 0 Å². The molecule has 0 spiro atoms. The van der Waals surface area contributed by atoms with Gasteiger partial charge in [-0.1, -0.05) is 24.4 Å². The standard InChI is InChI=1S/C15H13F3N2S/c1-8-12(19-13(10-2-3-10)20-14(8)21)9-4-6-11(7-5-9)15(16,17)18/h4-7,10H,2-3H2,1H3,(H,19,20,21). The topological polar surface area (TPSA) is 28.7 Å². The normalized spacial score (nSPS) is 15.2. The van der Waals surface area contributed by atoms with E-state index in [1.165, 1.54) is 12.1 Å². The Kier molecular flexibility index (Phi) is 3.36. The molecule has 1 saturated carbocycles. The Morgan fingerprint density at radius 1 is 1.19 bits per heavy atom. The van der Waals surface area contributed by atoms with Gasteiger partial charge in [-0.05, 0) is 37.5 Å². The summed E-state index contributed by atoms with van der Waals surface area (Å²) < 4.78 is 38.3. The van der Waals surface area contributed by atoms with Crippen LogP contribution in [-0.2, 0) is 6.18 Å². The first kappa shape index (κ1) is 14.3. The molecular weight excluding hydrogens is 297 g/mol. The van der Waals surface area contributed by atoms with Crippen LogP contribution in [0.25, 0.3) is 11.3 Å². The van der Waals surface area contributed by atoms with Crippen molar-refractivity contribution in [2.75, 3.05) is 0 Å². The molecular formula is C15H13F3N2S. The minimum atomic E-state index is -4.32. The van der Waals surface area contributed by atoms with Gasteiger partial charge in [0.2, 0.25) is 0 Å². The molecule has 0 aliphatic heterocycles. The molecule has 0 radical (unpaired) electrons. The van der Waals surface area contributed by atoms with Crippen LogP contribution in [0.15, 0.2) is 24.3 Å². The molecule has 0 saturated heterocycles. The van der Waals surface area contributed by atoms with Crippen molar-refractivity contribution in [1.82, 2.24) is 9.97 Å².